The zero-order valence-electron chi connectivity index (χ0n) is 9.47. The van der Waals surface area contributed by atoms with Gasteiger partial charge in [0, 0.05) is 0 Å². The Morgan fingerprint density at radius 3 is 2.20 bits per heavy atom. The molecule has 1 aromatic rings. The molecule has 0 bridgehead atoms. The largest absolute Gasteiger partial charge is 0.489 e. The molecule has 0 radical (unpaired) electrons. The van der Waals surface area contributed by atoms with Crippen LogP contribution in [-0.4, -0.2) is 23.4 Å². The fraction of sp³-hybridized carbons (Fsp3) is 0.500. The maximum Gasteiger partial charge on any atom is 0.119 e. The van der Waals surface area contributed by atoms with E-state index in [1.807, 2.05) is 38.1 Å². The van der Waals surface area contributed by atoms with E-state index in [2.05, 4.69) is 0 Å². The molecule has 3 unspecified atom stereocenters. The number of aliphatic hydroxyl groups excluding tert-OH is 1. The van der Waals surface area contributed by atoms with Crippen molar-refractivity contribution in [3.05, 3.63) is 29.8 Å². The van der Waals surface area contributed by atoms with E-state index in [9.17, 15) is 5.11 Å². The SMILES string of the molecule is Cc1ccc(OC(C)C(N)C(C)O)cc1. The zero-order valence-corrected chi connectivity index (χ0v) is 9.47. The predicted molar refractivity (Wildman–Crippen MR) is 60.9 cm³/mol. The van der Waals surface area contributed by atoms with E-state index in [-0.39, 0.29) is 12.1 Å². The maximum absolute atomic E-state index is 9.31. The van der Waals surface area contributed by atoms with Gasteiger partial charge in [-0.1, -0.05) is 17.7 Å². The number of hydrogen-bond donors (Lipinski definition) is 2. The standard InChI is InChI=1S/C12H19NO2/c1-8-4-6-11(7-5-8)15-10(3)12(13)9(2)14/h4-7,9-10,12,14H,13H2,1-3H3. The summed E-state index contributed by atoms with van der Waals surface area (Å²) >= 11 is 0. The predicted octanol–water partition coefficient (Wildman–Crippen LogP) is 1.47. The molecule has 0 aromatic heterocycles. The quantitative estimate of drug-likeness (QED) is 0.789. The molecule has 3 heteroatoms. The van der Waals surface area contributed by atoms with E-state index in [4.69, 9.17) is 10.5 Å². The van der Waals surface area contributed by atoms with Crippen LogP contribution >= 0.6 is 0 Å². The first-order valence-electron chi connectivity index (χ1n) is 5.17. The van der Waals surface area contributed by atoms with Crippen LogP contribution in [0.1, 0.15) is 19.4 Å². The zero-order chi connectivity index (χ0) is 11.4. The van der Waals surface area contributed by atoms with Crippen molar-refractivity contribution in [1.29, 1.82) is 0 Å². The van der Waals surface area contributed by atoms with Gasteiger partial charge in [0.25, 0.3) is 0 Å². The molecule has 0 spiro atoms. The molecule has 0 aliphatic heterocycles. The van der Waals surface area contributed by atoms with E-state index in [0.717, 1.165) is 5.75 Å². The molecule has 15 heavy (non-hydrogen) atoms. The Morgan fingerprint density at radius 1 is 1.20 bits per heavy atom. The molecule has 0 saturated carbocycles. The normalized spacial score (nSPS) is 16.9. The van der Waals surface area contributed by atoms with Crippen LogP contribution in [0.3, 0.4) is 0 Å². The smallest absolute Gasteiger partial charge is 0.119 e. The van der Waals surface area contributed by atoms with Crippen molar-refractivity contribution in [2.45, 2.75) is 39.0 Å². The lowest BCUT2D eigenvalue weighted by Gasteiger charge is -2.23. The van der Waals surface area contributed by atoms with Gasteiger partial charge in [0.2, 0.25) is 0 Å². The van der Waals surface area contributed by atoms with Gasteiger partial charge in [-0.3, -0.25) is 0 Å². The average Bonchev–Trinajstić information content (AvgIpc) is 2.20. The second-order valence-corrected chi connectivity index (χ2v) is 3.95. The van der Waals surface area contributed by atoms with Crippen LogP contribution in [0.15, 0.2) is 24.3 Å². The van der Waals surface area contributed by atoms with Crippen molar-refractivity contribution in [3.63, 3.8) is 0 Å². The van der Waals surface area contributed by atoms with E-state index >= 15 is 0 Å². The lowest BCUT2D eigenvalue weighted by Crippen LogP contribution is -2.44. The number of aliphatic hydroxyl groups is 1. The van der Waals surface area contributed by atoms with Gasteiger partial charge in [0.1, 0.15) is 11.9 Å². The van der Waals surface area contributed by atoms with Gasteiger partial charge in [-0.25, -0.2) is 0 Å². The summed E-state index contributed by atoms with van der Waals surface area (Å²) < 4.78 is 5.61. The minimum absolute atomic E-state index is 0.201. The molecule has 0 saturated heterocycles. The molecule has 1 rings (SSSR count). The van der Waals surface area contributed by atoms with Crippen molar-refractivity contribution < 1.29 is 9.84 Å². The number of benzene rings is 1. The summed E-state index contributed by atoms with van der Waals surface area (Å²) in [7, 11) is 0. The van der Waals surface area contributed by atoms with E-state index in [1.165, 1.54) is 5.56 Å². The van der Waals surface area contributed by atoms with Gasteiger partial charge in [0.15, 0.2) is 0 Å². The Hall–Kier alpha value is -1.06. The first-order valence-corrected chi connectivity index (χ1v) is 5.17. The fourth-order valence-electron chi connectivity index (χ4n) is 1.30. The van der Waals surface area contributed by atoms with E-state index in [1.54, 1.807) is 6.92 Å². The Morgan fingerprint density at radius 2 is 1.73 bits per heavy atom. The summed E-state index contributed by atoms with van der Waals surface area (Å²) in [6.45, 7) is 5.55. The first-order chi connectivity index (χ1) is 7.00. The van der Waals surface area contributed by atoms with Crippen LogP contribution in [-0.2, 0) is 0 Å². The summed E-state index contributed by atoms with van der Waals surface area (Å²) in [6.07, 6.45) is -0.766. The van der Waals surface area contributed by atoms with Crippen LogP contribution in [0, 0.1) is 6.92 Å². The van der Waals surface area contributed by atoms with Crippen LogP contribution in [0.5, 0.6) is 5.75 Å². The third kappa shape index (κ3) is 3.53. The second-order valence-electron chi connectivity index (χ2n) is 3.95. The highest BCUT2D eigenvalue weighted by molar-refractivity contribution is 5.26. The fourth-order valence-corrected chi connectivity index (χ4v) is 1.30. The summed E-state index contributed by atoms with van der Waals surface area (Å²) in [5, 5.41) is 9.31. The summed E-state index contributed by atoms with van der Waals surface area (Å²) in [6, 6.07) is 7.40. The second kappa shape index (κ2) is 5.14. The molecule has 0 amide bonds. The highest BCUT2D eigenvalue weighted by atomic mass is 16.5. The molecule has 1 aromatic carbocycles. The first kappa shape index (κ1) is 12.0. The average molecular weight is 209 g/mol. The highest BCUT2D eigenvalue weighted by Crippen LogP contribution is 2.14. The molecule has 84 valence electrons. The number of ether oxygens (including phenoxy) is 1. The lowest BCUT2D eigenvalue weighted by molar-refractivity contribution is 0.0893. The van der Waals surface area contributed by atoms with Crippen molar-refractivity contribution in [2.24, 2.45) is 5.73 Å². The molecule has 3 nitrogen and oxygen atoms in total. The van der Waals surface area contributed by atoms with E-state index < -0.39 is 6.10 Å². The van der Waals surface area contributed by atoms with Crippen molar-refractivity contribution in [3.8, 4) is 5.75 Å². The maximum atomic E-state index is 9.31. The van der Waals surface area contributed by atoms with Crippen molar-refractivity contribution >= 4 is 0 Å². The minimum atomic E-state index is -0.564. The molecule has 0 aliphatic carbocycles. The van der Waals surface area contributed by atoms with E-state index in [0.29, 0.717) is 0 Å². The Labute approximate surface area is 90.9 Å². The van der Waals surface area contributed by atoms with Crippen LogP contribution in [0.25, 0.3) is 0 Å². The molecule has 0 aliphatic rings. The van der Waals surface area contributed by atoms with Crippen LogP contribution < -0.4 is 10.5 Å². The third-order valence-corrected chi connectivity index (χ3v) is 2.44. The lowest BCUT2D eigenvalue weighted by atomic mass is 10.1. The highest BCUT2D eigenvalue weighted by Gasteiger charge is 2.18. The Balaban J connectivity index is 2.58. The molecule has 3 atom stereocenters. The van der Waals surface area contributed by atoms with Crippen molar-refractivity contribution in [1.82, 2.24) is 0 Å². The van der Waals surface area contributed by atoms with Gasteiger partial charge in [-0.2, -0.15) is 0 Å². The van der Waals surface area contributed by atoms with Gasteiger partial charge in [-0.15, -0.1) is 0 Å². The van der Waals surface area contributed by atoms with Gasteiger partial charge < -0.3 is 15.6 Å². The summed E-state index contributed by atoms with van der Waals surface area (Å²) in [4.78, 5) is 0. The van der Waals surface area contributed by atoms with Crippen LogP contribution in [0.4, 0.5) is 0 Å². The number of aryl methyl sites for hydroxylation is 1. The number of rotatable bonds is 4. The molecule has 3 N–H and O–H groups in total. The summed E-state index contributed by atoms with van der Waals surface area (Å²) in [5.41, 5.74) is 6.95. The minimum Gasteiger partial charge on any atom is -0.489 e. The summed E-state index contributed by atoms with van der Waals surface area (Å²) in [5.74, 6) is 0.782. The van der Waals surface area contributed by atoms with Crippen LogP contribution in [0.2, 0.25) is 0 Å². The number of nitrogens with two attached hydrogens (primary N) is 1. The van der Waals surface area contributed by atoms with Crippen molar-refractivity contribution in [2.75, 3.05) is 0 Å². The molecular weight excluding hydrogens is 190 g/mol. The topological polar surface area (TPSA) is 55.5 Å². The van der Waals surface area contributed by atoms with Gasteiger partial charge in [-0.05, 0) is 32.9 Å². The molecular formula is C12H19NO2. The Kier molecular flexibility index (Phi) is 4.12. The Bertz CT molecular complexity index is 295. The third-order valence-electron chi connectivity index (χ3n) is 2.44. The number of hydrogen-bond acceptors (Lipinski definition) is 3. The van der Waals surface area contributed by atoms with Gasteiger partial charge >= 0.3 is 0 Å². The molecule has 0 fully saturated rings. The van der Waals surface area contributed by atoms with Gasteiger partial charge in [0.05, 0.1) is 12.1 Å². The molecule has 0 heterocycles. The monoisotopic (exact) mass is 209 g/mol.